The summed E-state index contributed by atoms with van der Waals surface area (Å²) in [5.41, 5.74) is 1.17. The van der Waals surface area contributed by atoms with Gasteiger partial charge in [0.2, 0.25) is 5.91 Å². The highest BCUT2D eigenvalue weighted by molar-refractivity contribution is 5.85. The summed E-state index contributed by atoms with van der Waals surface area (Å²) in [5, 5.41) is 3.40. The van der Waals surface area contributed by atoms with Gasteiger partial charge in [0.1, 0.15) is 0 Å². The van der Waals surface area contributed by atoms with Crippen LogP contribution in [0.15, 0.2) is 43.0 Å². The molecule has 2 atom stereocenters. The molecule has 0 radical (unpaired) electrons. The fourth-order valence-electron chi connectivity index (χ4n) is 2.81. The average molecular weight is 309 g/mol. The summed E-state index contributed by atoms with van der Waals surface area (Å²) in [6.45, 7) is 8.15. The first kappa shape index (κ1) is 17.7. The minimum atomic E-state index is 0. The Morgan fingerprint density at radius 1 is 1.43 bits per heavy atom. The van der Waals surface area contributed by atoms with E-state index in [-0.39, 0.29) is 24.2 Å². The SMILES string of the molecule is C=CCN(Cc1ccccc1)C(=O)[C@H]1CCN[C@@H](C)C1.Cl. The summed E-state index contributed by atoms with van der Waals surface area (Å²) >= 11 is 0. The summed E-state index contributed by atoms with van der Waals surface area (Å²) in [5.74, 6) is 0.414. The normalized spacial score (nSPS) is 21.2. The second kappa shape index (κ2) is 8.85. The molecular weight excluding hydrogens is 284 g/mol. The van der Waals surface area contributed by atoms with Crippen LogP contribution in [0.3, 0.4) is 0 Å². The van der Waals surface area contributed by atoms with Crippen LogP contribution in [0.2, 0.25) is 0 Å². The van der Waals surface area contributed by atoms with Gasteiger partial charge < -0.3 is 10.2 Å². The Morgan fingerprint density at radius 3 is 2.76 bits per heavy atom. The first-order valence-corrected chi connectivity index (χ1v) is 7.37. The zero-order valence-corrected chi connectivity index (χ0v) is 13.4. The summed E-state index contributed by atoms with van der Waals surface area (Å²) in [7, 11) is 0. The molecule has 1 amide bonds. The summed E-state index contributed by atoms with van der Waals surface area (Å²) in [6.07, 6.45) is 3.68. The van der Waals surface area contributed by atoms with Crippen LogP contribution in [-0.4, -0.2) is 29.9 Å². The van der Waals surface area contributed by atoms with Crippen molar-refractivity contribution in [3.8, 4) is 0 Å². The maximum Gasteiger partial charge on any atom is 0.226 e. The highest BCUT2D eigenvalue weighted by Gasteiger charge is 2.28. The molecule has 1 saturated heterocycles. The Kier molecular flexibility index (Phi) is 7.48. The number of rotatable bonds is 5. The van der Waals surface area contributed by atoms with Gasteiger partial charge in [0, 0.05) is 25.0 Å². The Morgan fingerprint density at radius 2 is 2.14 bits per heavy atom. The Bertz CT molecular complexity index is 449. The quantitative estimate of drug-likeness (QED) is 0.848. The van der Waals surface area contributed by atoms with E-state index in [1.165, 1.54) is 5.56 Å². The number of hydrogen-bond donors (Lipinski definition) is 1. The van der Waals surface area contributed by atoms with Gasteiger partial charge in [0.25, 0.3) is 0 Å². The standard InChI is InChI=1S/C17H24N2O.ClH/c1-3-11-19(13-15-7-5-4-6-8-15)17(20)16-9-10-18-14(2)12-16;/h3-8,14,16,18H,1,9-13H2,2H3;1H/t14-,16-;/m0./s1. The van der Waals surface area contributed by atoms with Crippen molar-refractivity contribution >= 4 is 18.3 Å². The Labute approximate surface area is 133 Å². The zero-order chi connectivity index (χ0) is 14.4. The molecule has 2 rings (SSSR count). The Balaban J connectivity index is 0.00000220. The van der Waals surface area contributed by atoms with Gasteiger partial charge in [-0.1, -0.05) is 36.4 Å². The molecule has 1 fully saturated rings. The minimum Gasteiger partial charge on any atom is -0.334 e. The third kappa shape index (κ3) is 5.18. The van der Waals surface area contributed by atoms with Gasteiger partial charge in [-0.25, -0.2) is 0 Å². The van der Waals surface area contributed by atoms with Crippen molar-refractivity contribution in [2.45, 2.75) is 32.4 Å². The van der Waals surface area contributed by atoms with Crippen LogP contribution in [0.1, 0.15) is 25.3 Å². The van der Waals surface area contributed by atoms with Crippen molar-refractivity contribution in [3.05, 3.63) is 48.6 Å². The first-order valence-electron chi connectivity index (χ1n) is 7.37. The van der Waals surface area contributed by atoms with Gasteiger partial charge in [-0.15, -0.1) is 19.0 Å². The molecule has 116 valence electrons. The second-order valence-corrected chi connectivity index (χ2v) is 5.57. The van der Waals surface area contributed by atoms with E-state index >= 15 is 0 Å². The van der Waals surface area contributed by atoms with Crippen LogP contribution in [0.4, 0.5) is 0 Å². The van der Waals surface area contributed by atoms with Gasteiger partial charge >= 0.3 is 0 Å². The number of halogens is 1. The van der Waals surface area contributed by atoms with Crippen LogP contribution >= 0.6 is 12.4 Å². The van der Waals surface area contributed by atoms with Crippen molar-refractivity contribution in [3.63, 3.8) is 0 Å². The third-order valence-electron chi connectivity index (χ3n) is 3.85. The van der Waals surface area contributed by atoms with Gasteiger partial charge in [0.05, 0.1) is 0 Å². The van der Waals surface area contributed by atoms with E-state index in [1.807, 2.05) is 29.2 Å². The van der Waals surface area contributed by atoms with Gasteiger partial charge in [-0.05, 0) is 31.9 Å². The van der Waals surface area contributed by atoms with Crippen molar-refractivity contribution < 1.29 is 4.79 Å². The molecule has 0 saturated carbocycles. The highest BCUT2D eigenvalue weighted by atomic mass is 35.5. The van der Waals surface area contributed by atoms with Crippen LogP contribution in [0, 0.1) is 5.92 Å². The molecule has 0 unspecified atom stereocenters. The lowest BCUT2D eigenvalue weighted by Crippen LogP contribution is -2.44. The zero-order valence-electron chi connectivity index (χ0n) is 12.6. The number of benzene rings is 1. The van der Waals surface area contributed by atoms with Crippen LogP contribution in [0.5, 0.6) is 0 Å². The molecular formula is C17H25ClN2O. The van der Waals surface area contributed by atoms with Gasteiger partial charge in [-0.3, -0.25) is 4.79 Å². The maximum atomic E-state index is 12.7. The number of carbonyl (C=O) groups excluding carboxylic acids is 1. The molecule has 0 aromatic heterocycles. The topological polar surface area (TPSA) is 32.3 Å². The highest BCUT2D eigenvalue weighted by Crippen LogP contribution is 2.20. The number of carbonyl (C=O) groups is 1. The van der Waals surface area contributed by atoms with E-state index in [0.29, 0.717) is 19.1 Å². The van der Waals surface area contributed by atoms with E-state index in [1.54, 1.807) is 0 Å². The van der Waals surface area contributed by atoms with Crippen LogP contribution in [0.25, 0.3) is 0 Å². The molecule has 21 heavy (non-hydrogen) atoms. The monoisotopic (exact) mass is 308 g/mol. The van der Waals surface area contributed by atoms with E-state index < -0.39 is 0 Å². The van der Waals surface area contributed by atoms with Crippen molar-refractivity contribution in [2.24, 2.45) is 5.92 Å². The molecule has 3 nitrogen and oxygen atoms in total. The lowest BCUT2D eigenvalue weighted by atomic mass is 9.92. The first-order chi connectivity index (χ1) is 9.70. The smallest absolute Gasteiger partial charge is 0.226 e. The number of hydrogen-bond acceptors (Lipinski definition) is 2. The molecule has 1 heterocycles. The fourth-order valence-corrected chi connectivity index (χ4v) is 2.81. The summed E-state index contributed by atoms with van der Waals surface area (Å²) in [6, 6.07) is 10.6. The lowest BCUT2D eigenvalue weighted by Gasteiger charge is -2.31. The minimum absolute atomic E-state index is 0. The van der Waals surface area contributed by atoms with E-state index in [9.17, 15) is 4.79 Å². The van der Waals surface area contributed by atoms with Gasteiger partial charge in [-0.2, -0.15) is 0 Å². The predicted molar refractivity (Wildman–Crippen MR) is 89.5 cm³/mol. The average Bonchev–Trinajstić information content (AvgIpc) is 2.47. The maximum absolute atomic E-state index is 12.7. The van der Waals surface area contributed by atoms with E-state index in [2.05, 4.69) is 31.0 Å². The number of piperidine rings is 1. The van der Waals surface area contributed by atoms with Crippen molar-refractivity contribution in [2.75, 3.05) is 13.1 Å². The molecule has 0 spiro atoms. The Hall–Kier alpha value is -1.32. The lowest BCUT2D eigenvalue weighted by molar-refractivity contribution is -0.136. The fraction of sp³-hybridized carbons (Fsp3) is 0.471. The molecule has 0 aliphatic carbocycles. The van der Waals surface area contributed by atoms with Crippen LogP contribution in [-0.2, 0) is 11.3 Å². The number of nitrogens with one attached hydrogen (secondary N) is 1. The van der Waals surface area contributed by atoms with E-state index in [0.717, 1.165) is 19.4 Å². The molecule has 0 bridgehead atoms. The molecule has 1 aromatic carbocycles. The molecule has 4 heteroatoms. The summed E-state index contributed by atoms with van der Waals surface area (Å²) in [4.78, 5) is 14.6. The molecule has 1 N–H and O–H groups in total. The van der Waals surface area contributed by atoms with Crippen molar-refractivity contribution in [1.29, 1.82) is 0 Å². The van der Waals surface area contributed by atoms with Crippen LogP contribution < -0.4 is 5.32 Å². The molecule has 1 aliphatic rings. The second-order valence-electron chi connectivity index (χ2n) is 5.57. The predicted octanol–water partition coefficient (Wildman–Crippen LogP) is 3.01. The number of amides is 1. The summed E-state index contributed by atoms with van der Waals surface area (Å²) < 4.78 is 0. The van der Waals surface area contributed by atoms with E-state index in [4.69, 9.17) is 0 Å². The third-order valence-corrected chi connectivity index (χ3v) is 3.85. The van der Waals surface area contributed by atoms with Crippen molar-refractivity contribution in [1.82, 2.24) is 10.2 Å². The molecule has 1 aliphatic heterocycles. The van der Waals surface area contributed by atoms with Gasteiger partial charge in [0.15, 0.2) is 0 Å². The number of nitrogens with zero attached hydrogens (tertiary/aromatic N) is 1. The molecule has 1 aromatic rings. The largest absolute Gasteiger partial charge is 0.334 e.